The minimum atomic E-state index is -0.281. The van der Waals surface area contributed by atoms with Crippen LogP contribution in [0.3, 0.4) is 0 Å². The van der Waals surface area contributed by atoms with Crippen LogP contribution in [0.5, 0.6) is 0 Å². The van der Waals surface area contributed by atoms with E-state index >= 15 is 0 Å². The number of aromatic nitrogens is 1. The van der Waals surface area contributed by atoms with E-state index in [1.165, 1.54) is 11.1 Å². The first-order chi connectivity index (χ1) is 10.1. The summed E-state index contributed by atoms with van der Waals surface area (Å²) >= 11 is 6.06. The molecule has 4 nitrogen and oxygen atoms in total. The van der Waals surface area contributed by atoms with E-state index in [9.17, 15) is 9.59 Å². The summed E-state index contributed by atoms with van der Waals surface area (Å²) in [5, 5.41) is 1.82. The quantitative estimate of drug-likeness (QED) is 0.632. The number of hydrogen-bond donors (Lipinski definition) is 0. The molecule has 2 heterocycles. The number of nitrogens with zero attached hydrogens (tertiary/aromatic N) is 2. The van der Waals surface area contributed by atoms with Gasteiger partial charge in [0.15, 0.2) is 0 Å². The molecule has 1 aromatic heterocycles. The maximum absolute atomic E-state index is 12.7. The minimum Gasteiger partial charge on any atom is -0.278 e. The van der Waals surface area contributed by atoms with Crippen molar-refractivity contribution in [2.24, 2.45) is 5.92 Å². The third kappa shape index (κ3) is 2.40. The first kappa shape index (κ1) is 14.0. The van der Waals surface area contributed by atoms with E-state index < -0.39 is 0 Å². The standard InChI is InChI=1S/C16H15ClN2O2/c1-2-10-7-14(20)19(9-10)16(21)13-8-18-15(17)12-6-4-3-5-11(12)13/h3-6,8,10H,2,7,9H2,1H3. The molecular formula is C16H15ClN2O2. The third-order valence-corrected chi connectivity index (χ3v) is 4.31. The highest BCUT2D eigenvalue weighted by molar-refractivity contribution is 6.35. The van der Waals surface area contributed by atoms with E-state index in [4.69, 9.17) is 11.6 Å². The van der Waals surface area contributed by atoms with Crippen molar-refractivity contribution in [3.8, 4) is 0 Å². The molecule has 1 saturated heterocycles. The summed E-state index contributed by atoms with van der Waals surface area (Å²) in [5.74, 6) is -0.129. The van der Waals surface area contributed by atoms with Gasteiger partial charge in [-0.3, -0.25) is 14.5 Å². The Morgan fingerprint density at radius 1 is 1.38 bits per heavy atom. The van der Waals surface area contributed by atoms with Crippen LogP contribution < -0.4 is 0 Å². The Bertz CT molecular complexity index is 729. The van der Waals surface area contributed by atoms with E-state index in [1.807, 2.05) is 31.2 Å². The minimum absolute atomic E-state index is 0.106. The monoisotopic (exact) mass is 302 g/mol. The number of halogens is 1. The van der Waals surface area contributed by atoms with Gasteiger partial charge >= 0.3 is 0 Å². The van der Waals surface area contributed by atoms with E-state index in [-0.39, 0.29) is 17.7 Å². The molecule has 0 saturated carbocycles. The predicted molar refractivity (Wildman–Crippen MR) is 81.2 cm³/mol. The van der Waals surface area contributed by atoms with Crippen molar-refractivity contribution in [3.05, 3.63) is 41.2 Å². The second-order valence-electron chi connectivity index (χ2n) is 5.30. The molecule has 21 heavy (non-hydrogen) atoms. The van der Waals surface area contributed by atoms with Crippen molar-refractivity contribution in [2.45, 2.75) is 19.8 Å². The van der Waals surface area contributed by atoms with Gasteiger partial charge in [-0.1, -0.05) is 49.2 Å². The van der Waals surface area contributed by atoms with Gasteiger partial charge in [0, 0.05) is 24.5 Å². The lowest BCUT2D eigenvalue weighted by molar-refractivity contribution is -0.125. The number of benzene rings is 1. The smallest absolute Gasteiger partial charge is 0.262 e. The zero-order valence-corrected chi connectivity index (χ0v) is 12.4. The first-order valence-electron chi connectivity index (χ1n) is 6.99. The van der Waals surface area contributed by atoms with Crippen LogP contribution in [0.25, 0.3) is 10.8 Å². The maximum Gasteiger partial charge on any atom is 0.262 e. The van der Waals surface area contributed by atoms with Gasteiger partial charge in [0.1, 0.15) is 5.15 Å². The van der Waals surface area contributed by atoms with Crippen molar-refractivity contribution in [1.82, 2.24) is 9.88 Å². The zero-order chi connectivity index (χ0) is 15.0. The lowest BCUT2D eigenvalue weighted by Crippen LogP contribution is -2.32. The molecule has 0 N–H and O–H groups in total. The van der Waals surface area contributed by atoms with Gasteiger partial charge in [-0.05, 0) is 11.3 Å². The van der Waals surface area contributed by atoms with Gasteiger partial charge < -0.3 is 0 Å². The lowest BCUT2D eigenvalue weighted by Gasteiger charge is -2.16. The van der Waals surface area contributed by atoms with Crippen LogP contribution in [0.15, 0.2) is 30.5 Å². The molecule has 1 fully saturated rings. The number of carbonyl (C=O) groups excluding carboxylic acids is 2. The molecule has 1 unspecified atom stereocenters. The summed E-state index contributed by atoms with van der Waals surface area (Å²) in [4.78, 5) is 30.1. The Hall–Kier alpha value is -1.94. The summed E-state index contributed by atoms with van der Waals surface area (Å²) in [6, 6.07) is 7.34. The largest absolute Gasteiger partial charge is 0.278 e. The number of amides is 2. The number of imide groups is 1. The number of fused-ring (bicyclic) bond motifs is 1. The Kier molecular flexibility index (Phi) is 3.64. The van der Waals surface area contributed by atoms with Crippen molar-refractivity contribution in [3.63, 3.8) is 0 Å². The highest BCUT2D eigenvalue weighted by atomic mass is 35.5. The van der Waals surface area contributed by atoms with E-state index in [1.54, 1.807) is 0 Å². The predicted octanol–water partition coefficient (Wildman–Crippen LogP) is 3.29. The SMILES string of the molecule is CCC1CC(=O)N(C(=O)c2cnc(Cl)c3ccccc23)C1. The first-order valence-corrected chi connectivity index (χ1v) is 7.37. The topological polar surface area (TPSA) is 50.3 Å². The number of hydrogen-bond acceptors (Lipinski definition) is 3. The number of carbonyl (C=O) groups is 2. The molecule has 0 radical (unpaired) electrons. The molecule has 2 aromatic rings. The summed E-state index contributed by atoms with van der Waals surface area (Å²) in [6.45, 7) is 2.52. The molecule has 0 spiro atoms. The summed E-state index contributed by atoms with van der Waals surface area (Å²) in [7, 11) is 0. The van der Waals surface area contributed by atoms with E-state index in [0.29, 0.717) is 23.7 Å². The molecule has 3 rings (SSSR count). The van der Waals surface area contributed by atoms with Crippen LogP contribution in [-0.4, -0.2) is 28.2 Å². The summed E-state index contributed by atoms with van der Waals surface area (Å²) < 4.78 is 0. The van der Waals surface area contributed by atoms with E-state index in [0.717, 1.165) is 17.2 Å². The lowest BCUT2D eigenvalue weighted by atomic mass is 10.1. The fraction of sp³-hybridized carbons (Fsp3) is 0.312. The second kappa shape index (κ2) is 5.45. The highest BCUT2D eigenvalue weighted by Gasteiger charge is 2.34. The second-order valence-corrected chi connectivity index (χ2v) is 5.65. The van der Waals surface area contributed by atoms with Gasteiger partial charge in [0.2, 0.25) is 5.91 Å². The van der Waals surface area contributed by atoms with Crippen LogP contribution >= 0.6 is 11.6 Å². The number of pyridine rings is 1. The molecule has 1 aromatic carbocycles. The molecular weight excluding hydrogens is 288 g/mol. The van der Waals surface area contributed by atoms with Crippen LogP contribution in [-0.2, 0) is 4.79 Å². The Balaban J connectivity index is 2.03. The summed E-state index contributed by atoms with van der Waals surface area (Å²) in [5.41, 5.74) is 0.431. The van der Waals surface area contributed by atoms with E-state index in [2.05, 4.69) is 4.98 Å². The Labute approximate surface area is 127 Å². The van der Waals surface area contributed by atoms with Crippen molar-refractivity contribution < 1.29 is 9.59 Å². The fourth-order valence-electron chi connectivity index (χ4n) is 2.73. The van der Waals surface area contributed by atoms with Gasteiger partial charge in [-0.15, -0.1) is 0 Å². The number of rotatable bonds is 2. The molecule has 108 valence electrons. The molecule has 5 heteroatoms. The average molecular weight is 303 g/mol. The average Bonchev–Trinajstić information content (AvgIpc) is 2.88. The Morgan fingerprint density at radius 2 is 2.10 bits per heavy atom. The molecule has 2 amide bonds. The van der Waals surface area contributed by atoms with Crippen LogP contribution in [0, 0.1) is 5.92 Å². The van der Waals surface area contributed by atoms with Gasteiger partial charge in [-0.2, -0.15) is 0 Å². The van der Waals surface area contributed by atoms with Crippen LogP contribution in [0.1, 0.15) is 30.1 Å². The van der Waals surface area contributed by atoms with Crippen molar-refractivity contribution in [1.29, 1.82) is 0 Å². The van der Waals surface area contributed by atoms with Crippen molar-refractivity contribution in [2.75, 3.05) is 6.54 Å². The van der Waals surface area contributed by atoms with Crippen LogP contribution in [0.2, 0.25) is 5.15 Å². The fourth-order valence-corrected chi connectivity index (χ4v) is 2.94. The zero-order valence-electron chi connectivity index (χ0n) is 11.7. The van der Waals surface area contributed by atoms with Gasteiger partial charge in [0.05, 0.1) is 5.56 Å². The molecule has 0 aliphatic carbocycles. The summed E-state index contributed by atoms with van der Waals surface area (Å²) in [6.07, 6.45) is 2.80. The highest BCUT2D eigenvalue weighted by Crippen LogP contribution is 2.28. The Morgan fingerprint density at radius 3 is 2.76 bits per heavy atom. The van der Waals surface area contributed by atoms with Crippen molar-refractivity contribution >= 4 is 34.2 Å². The molecule has 1 atom stereocenters. The molecule has 0 bridgehead atoms. The normalized spacial score (nSPS) is 18.5. The maximum atomic E-state index is 12.7. The number of likely N-dealkylation sites (tertiary alicyclic amines) is 1. The van der Waals surface area contributed by atoms with Gasteiger partial charge in [0.25, 0.3) is 5.91 Å². The third-order valence-electron chi connectivity index (χ3n) is 4.00. The van der Waals surface area contributed by atoms with Gasteiger partial charge in [-0.25, -0.2) is 4.98 Å². The molecule has 1 aliphatic rings. The molecule has 1 aliphatic heterocycles. The van der Waals surface area contributed by atoms with Crippen LogP contribution in [0.4, 0.5) is 0 Å².